The van der Waals surface area contributed by atoms with E-state index in [1.54, 1.807) is 24.4 Å². The minimum Gasteiger partial charge on any atom is -0.327 e. The molecule has 1 atom stereocenters. The summed E-state index contributed by atoms with van der Waals surface area (Å²) in [5.41, 5.74) is 1.32. The lowest BCUT2D eigenvalue weighted by atomic mass is 9.99. The minimum atomic E-state index is -0.590. The third-order valence-corrected chi connectivity index (χ3v) is 6.28. The minimum absolute atomic E-state index is 0.0861. The maximum absolute atomic E-state index is 14.6. The van der Waals surface area contributed by atoms with Gasteiger partial charge >= 0.3 is 0 Å². The molecule has 0 radical (unpaired) electrons. The number of hydrogen-bond acceptors (Lipinski definition) is 4. The molecule has 5 nitrogen and oxygen atoms in total. The average Bonchev–Trinajstić information content (AvgIpc) is 3.24. The van der Waals surface area contributed by atoms with Gasteiger partial charge in [0, 0.05) is 24.1 Å². The maximum atomic E-state index is 14.6. The fourth-order valence-electron chi connectivity index (χ4n) is 3.54. The van der Waals surface area contributed by atoms with Crippen LogP contribution in [0.5, 0.6) is 0 Å². The van der Waals surface area contributed by atoms with E-state index in [1.165, 1.54) is 40.5 Å². The van der Waals surface area contributed by atoms with E-state index in [0.29, 0.717) is 16.3 Å². The van der Waals surface area contributed by atoms with Crippen LogP contribution in [0.1, 0.15) is 40.4 Å². The summed E-state index contributed by atoms with van der Waals surface area (Å²) in [5.74, 6) is -1.42. The molecule has 1 aliphatic rings. The SMILES string of the molecule is O=C(CCC1c2c(F)cccc2C(=O)N1Cc1ccc(F)cc1)Nc1ncc(Br)s1. The fourth-order valence-corrected chi connectivity index (χ4v) is 4.67. The molecule has 1 N–H and O–H groups in total. The van der Waals surface area contributed by atoms with Gasteiger partial charge in [-0.1, -0.05) is 29.5 Å². The van der Waals surface area contributed by atoms with Crippen LogP contribution in [0.3, 0.4) is 0 Å². The third kappa shape index (κ3) is 4.27. The summed E-state index contributed by atoms with van der Waals surface area (Å²) >= 11 is 4.57. The van der Waals surface area contributed by atoms with Crippen LogP contribution in [0.25, 0.3) is 0 Å². The van der Waals surface area contributed by atoms with Crippen LogP contribution in [0.4, 0.5) is 13.9 Å². The van der Waals surface area contributed by atoms with Gasteiger partial charge < -0.3 is 10.2 Å². The number of rotatable bonds is 6. The smallest absolute Gasteiger partial charge is 0.255 e. The van der Waals surface area contributed by atoms with Gasteiger partial charge in [0.25, 0.3) is 5.91 Å². The Labute approximate surface area is 183 Å². The molecule has 0 spiro atoms. The van der Waals surface area contributed by atoms with Crippen molar-refractivity contribution in [1.82, 2.24) is 9.88 Å². The number of fused-ring (bicyclic) bond motifs is 1. The second kappa shape index (κ2) is 8.61. The predicted octanol–water partition coefficient (Wildman–Crippen LogP) is 5.30. The highest BCUT2D eigenvalue weighted by Gasteiger charge is 2.38. The van der Waals surface area contributed by atoms with Crippen molar-refractivity contribution in [3.63, 3.8) is 0 Å². The van der Waals surface area contributed by atoms with Gasteiger partial charge in [0.1, 0.15) is 11.6 Å². The molecule has 2 heterocycles. The van der Waals surface area contributed by atoms with Crippen LogP contribution in [0.15, 0.2) is 52.4 Å². The largest absolute Gasteiger partial charge is 0.327 e. The zero-order chi connectivity index (χ0) is 21.3. The summed E-state index contributed by atoms with van der Waals surface area (Å²) in [6.45, 7) is 0.193. The van der Waals surface area contributed by atoms with Crippen LogP contribution >= 0.6 is 27.3 Å². The Balaban J connectivity index is 1.54. The highest BCUT2D eigenvalue weighted by molar-refractivity contribution is 9.11. The van der Waals surface area contributed by atoms with Gasteiger partial charge in [0.2, 0.25) is 5.91 Å². The normalized spacial score (nSPS) is 15.4. The van der Waals surface area contributed by atoms with E-state index in [2.05, 4.69) is 26.2 Å². The molecule has 1 unspecified atom stereocenters. The van der Waals surface area contributed by atoms with Crippen molar-refractivity contribution in [2.75, 3.05) is 5.32 Å². The lowest BCUT2D eigenvalue weighted by molar-refractivity contribution is -0.116. The Kier molecular flexibility index (Phi) is 5.92. The summed E-state index contributed by atoms with van der Waals surface area (Å²) in [5, 5.41) is 3.17. The zero-order valence-electron chi connectivity index (χ0n) is 15.6. The first-order chi connectivity index (χ1) is 14.4. The van der Waals surface area contributed by atoms with Gasteiger partial charge in [-0.15, -0.1) is 0 Å². The molecule has 4 rings (SSSR count). The molecule has 0 saturated heterocycles. The van der Waals surface area contributed by atoms with Gasteiger partial charge in [0.15, 0.2) is 5.13 Å². The van der Waals surface area contributed by atoms with Crippen LogP contribution < -0.4 is 5.32 Å². The number of nitrogens with zero attached hydrogens (tertiary/aromatic N) is 2. The van der Waals surface area contributed by atoms with Gasteiger partial charge in [-0.3, -0.25) is 9.59 Å². The Morgan fingerprint density at radius 3 is 2.67 bits per heavy atom. The molecular formula is C21H16BrF2N3O2S. The van der Waals surface area contributed by atoms with Crippen molar-refractivity contribution in [3.05, 3.63) is 80.8 Å². The average molecular weight is 492 g/mol. The monoisotopic (exact) mass is 491 g/mol. The molecule has 0 aliphatic carbocycles. The van der Waals surface area contributed by atoms with E-state index in [9.17, 15) is 18.4 Å². The van der Waals surface area contributed by atoms with Crippen molar-refractivity contribution in [1.29, 1.82) is 0 Å². The van der Waals surface area contributed by atoms with Gasteiger partial charge in [-0.25, -0.2) is 13.8 Å². The summed E-state index contributed by atoms with van der Waals surface area (Å²) < 4.78 is 28.6. The van der Waals surface area contributed by atoms with Crippen molar-refractivity contribution >= 4 is 44.2 Å². The molecule has 2 amide bonds. The van der Waals surface area contributed by atoms with Crippen LogP contribution in [0.2, 0.25) is 0 Å². The lowest BCUT2D eigenvalue weighted by Gasteiger charge is -2.25. The molecule has 2 aromatic carbocycles. The van der Waals surface area contributed by atoms with Crippen molar-refractivity contribution in [2.24, 2.45) is 0 Å². The topological polar surface area (TPSA) is 62.3 Å². The lowest BCUT2D eigenvalue weighted by Crippen LogP contribution is -2.28. The highest BCUT2D eigenvalue weighted by atomic mass is 79.9. The fraction of sp³-hybridized carbons (Fsp3) is 0.190. The number of thiazole rings is 1. The number of anilines is 1. The first kappa shape index (κ1) is 20.6. The van der Waals surface area contributed by atoms with Crippen LogP contribution in [0, 0.1) is 11.6 Å². The third-order valence-electron chi connectivity index (χ3n) is 4.89. The number of halogens is 3. The summed E-state index contributed by atoms with van der Waals surface area (Å²) in [7, 11) is 0. The van der Waals surface area contributed by atoms with Gasteiger partial charge in [-0.05, 0) is 52.2 Å². The van der Waals surface area contributed by atoms with Crippen molar-refractivity contribution < 1.29 is 18.4 Å². The first-order valence-corrected chi connectivity index (χ1v) is 10.8. The molecule has 1 aliphatic heterocycles. The molecule has 0 saturated carbocycles. The number of aromatic nitrogens is 1. The van der Waals surface area contributed by atoms with Gasteiger partial charge in [-0.2, -0.15) is 0 Å². The second-order valence-electron chi connectivity index (χ2n) is 6.83. The number of benzene rings is 2. The highest BCUT2D eigenvalue weighted by Crippen LogP contribution is 2.39. The number of amides is 2. The molecule has 154 valence electrons. The Morgan fingerprint density at radius 1 is 1.20 bits per heavy atom. The van der Waals surface area contributed by atoms with E-state index in [4.69, 9.17) is 0 Å². The predicted molar refractivity (Wildman–Crippen MR) is 113 cm³/mol. The number of hydrogen-bond donors (Lipinski definition) is 1. The summed E-state index contributed by atoms with van der Waals surface area (Å²) in [6, 6.07) is 9.62. The molecule has 1 aromatic heterocycles. The van der Waals surface area contributed by atoms with Gasteiger partial charge in [0.05, 0.1) is 16.0 Å². The van der Waals surface area contributed by atoms with Crippen molar-refractivity contribution in [3.8, 4) is 0 Å². The first-order valence-electron chi connectivity index (χ1n) is 9.17. The van der Waals surface area contributed by atoms with Crippen molar-refractivity contribution in [2.45, 2.75) is 25.4 Å². The second-order valence-corrected chi connectivity index (χ2v) is 9.24. The quantitative estimate of drug-likeness (QED) is 0.508. The Bertz CT molecular complexity index is 1100. The molecule has 0 bridgehead atoms. The Morgan fingerprint density at radius 2 is 1.97 bits per heavy atom. The van der Waals surface area contributed by atoms with E-state index in [0.717, 1.165) is 9.35 Å². The van der Waals surface area contributed by atoms with Crippen LogP contribution in [-0.4, -0.2) is 21.7 Å². The summed E-state index contributed by atoms with van der Waals surface area (Å²) in [4.78, 5) is 30.9. The number of nitrogens with one attached hydrogen (secondary N) is 1. The molecule has 9 heteroatoms. The number of carbonyl (C=O) groups is 2. The standard InChI is InChI=1S/C21H16BrF2N3O2S/c22-17-10-25-21(30-17)26-18(28)9-8-16-19-14(2-1-3-15(19)24)20(29)27(16)11-12-4-6-13(23)7-5-12/h1-7,10,16H,8-9,11H2,(H,25,26,28). The van der Waals surface area contributed by atoms with E-state index < -0.39 is 11.9 Å². The molecule has 3 aromatic rings. The molecule has 30 heavy (non-hydrogen) atoms. The zero-order valence-corrected chi connectivity index (χ0v) is 18.0. The Hall–Kier alpha value is -2.65. The van der Waals surface area contributed by atoms with E-state index in [-0.39, 0.29) is 37.0 Å². The molecule has 0 fully saturated rings. The van der Waals surface area contributed by atoms with E-state index in [1.807, 2.05) is 0 Å². The number of carbonyl (C=O) groups excluding carboxylic acids is 2. The van der Waals surface area contributed by atoms with Crippen LogP contribution in [-0.2, 0) is 11.3 Å². The van der Waals surface area contributed by atoms with E-state index >= 15 is 0 Å². The summed E-state index contributed by atoms with van der Waals surface area (Å²) in [6.07, 6.45) is 1.92. The maximum Gasteiger partial charge on any atom is 0.255 e. The molecular weight excluding hydrogens is 476 g/mol.